The van der Waals surface area contributed by atoms with E-state index < -0.39 is 35.9 Å². The molecule has 0 aliphatic carbocycles. The third-order valence-corrected chi connectivity index (χ3v) is 6.41. The molecule has 10 heteroatoms. The number of amides is 4. The van der Waals surface area contributed by atoms with E-state index in [-0.39, 0.29) is 17.5 Å². The molecule has 0 radical (unpaired) electrons. The molecule has 0 aliphatic heterocycles. The van der Waals surface area contributed by atoms with Crippen molar-refractivity contribution in [2.75, 3.05) is 5.32 Å². The fourth-order valence-corrected chi connectivity index (χ4v) is 4.09. The van der Waals surface area contributed by atoms with Crippen LogP contribution in [0.25, 0.3) is 0 Å². The lowest BCUT2D eigenvalue weighted by Crippen LogP contribution is -2.46. The average molecular weight is 548 g/mol. The zero-order valence-corrected chi connectivity index (χ0v) is 23.4. The number of anilines is 1. The predicted molar refractivity (Wildman–Crippen MR) is 153 cm³/mol. The second-order valence-electron chi connectivity index (χ2n) is 10.7. The molecule has 0 fully saturated rings. The molecule has 1 heterocycles. The summed E-state index contributed by atoms with van der Waals surface area (Å²) in [5, 5.41) is 20.2. The Bertz CT molecular complexity index is 1340. The van der Waals surface area contributed by atoms with Crippen LogP contribution in [0.4, 0.5) is 10.5 Å². The summed E-state index contributed by atoms with van der Waals surface area (Å²) in [4.78, 5) is 49.6. The first-order chi connectivity index (χ1) is 18.8. The SMILES string of the molecule is C[C@@H](NC(=O)c1cc(NC(=O)NCc2ccccc2)cn1C)C(=O)NC(CC(=O)O)c1ccc(C(C)(C)C)cc1. The number of nitrogens with zero attached hydrogens (tertiary/aromatic N) is 1. The number of carbonyl (C=O) groups excluding carboxylic acids is 3. The topological polar surface area (TPSA) is 142 Å². The van der Waals surface area contributed by atoms with Crippen molar-refractivity contribution in [1.82, 2.24) is 20.5 Å². The fraction of sp³-hybridized carbons (Fsp3) is 0.333. The summed E-state index contributed by atoms with van der Waals surface area (Å²) in [6.45, 7) is 8.11. The van der Waals surface area contributed by atoms with Gasteiger partial charge in [-0.3, -0.25) is 14.4 Å². The van der Waals surface area contributed by atoms with Gasteiger partial charge in [-0.05, 0) is 35.1 Å². The number of carbonyl (C=O) groups is 4. The van der Waals surface area contributed by atoms with Gasteiger partial charge in [0.25, 0.3) is 5.91 Å². The summed E-state index contributed by atoms with van der Waals surface area (Å²) in [6, 6.07) is 16.3. The summed E-state index contributed by atoms with van der Waals surface area (Å²) in [7, 11) is 1.65. The zero-order valence-electron chi connectivity index (χ0n) is 23.4. The fourth-order valence-electron chi connectivity index (χ4n) is 4.09. The van der Waals surface area contributed by atoms with E-state index in [0.29, 0.717) is 17.8 Å². The minimum absolute atomic E-state index is 0.0683. The van der Waals surface area contributed by atoms with Crippen LogP contribution < -0.4 is 21.3 Å². The standard InChI is InChI=1S/C30H37N5O5/c1-19(27(38)34-24(16-26(36)37)21-11-13-22(14-12-21)30(2,3)4)32-28(39)25-15-23(18-35(25)5)33-29(40)31-17-20-9-7-6-8-10-20/h6-15,18-19,24H,16-17H2,1-5H3,(H,32,39)(H,34,38)(H,36,37)(H2,31,33,40)/t19-,24?/m1/s1. The van der Waals surface area contributed by atoms with Gasteiger partial charge in [-0.2, -0.15) is 0 Å². The molecule has 0 saturated heterocycles. The number of aliphatic carboxylic acids is 1. The second-order valence-corrected chi connectivity index (χ2v) is 10.7. The second kappa shape index (κ2) is 13.0. The molecule has 10 nitrogen and oxygen atoms in total. The van der Waals surface area contributed by atoms with Gasteiger partial charge in [-0.1, -0.05) is 75.4 Å². The molecule has 0 bridgehead atoms. The molecule has 40 heavy (non-hydrogen) atoms. The molecule has 3 aromatic rings. The van der Waals surface area contributed by atoms with E-state index in [1.165, 1.54) is 17.6 Å². The molecule has 3 rings (SSSR count). The van der Waals surface area contributed by atoms with Crippen LogP contribution in [-0.4, -0.2) is 39.5 Å². The number of rotatable bonds is 10. The minimum atomic E-state index is -1.06. The molecule has 1 unspecified atom stereocenters. The number of aryl methyl sites for hydroxylation is 1. The van der Waals surface area contributed by atoms with Crippen molar-refractivity contribution < 1.29 is 24.3 Å². The van der Waals surface area contributed by atoms with Crippen LogP contribution >= 0.6 is 0 Å². The molecule has 0 saturated carbocycles. The van der Waals surface area contributed by atoms with Crippen molar-refractivity contribution in [3.63, 3.8) is 0 Å². The summed E-state index contributed by atoms with van der Waals surface area (Å²) in [5.41, 5.74) is 3.27. The largest absolute Gasteiger partial charge is 0.481 e. The van der Waals surface area contributed by atoms with E-state index >= 15 is 0 Å². The maximum absolute atomic E-state index is 12.9. The van der Waals surface area contributed by atoms with Gasteiger partial charge in [0.2, 0.25) is 5.91 Å². The van der Waals surface area contributed by atoms with E-state index in [9.17, 15) is 24.3 Å². The van der Waals surface area contributed by atoms with Crippen LogP contribution in [0.3, 0.4) is 0 Å². The van der Waals surface area contributed by atoms with Crippen LogP contribution in [0.5, 0.6) is 0 Å². The molecule has 1 aromatic heterocycles. The predicted octanol–water partition coefficient (Wildman–Crippen LogP) is 4.09. The highest BCUT2D eigenvalue weighted by molar-refractivity contribution is 5.98. The molecule has 5 N–H and O–H groups in total. The van der Waals surface area contributed by atoms with Crippen molar-refractivity contribution in [3.05, 3.63) is 89.2 Å². The van der Waals surface area contributed by atoms with Crippen LogP contribution in [0.15, 0.2) is 66.9 Å². The molecule has 2 aromatic carbocycles. The lowest BCUT2D eigenvalue weighted by Gasteiger charge is -2.23. The van der Waals surface area contributed by atoms with E-state index in [4.69, 9.17) is 0 Å². The first kappa shape index (κ1) is 29.9. The number of carboxylic acid groups (broad SMARTS) is 1. The zero-order chi connectivity index (χ0) is 29.4. The van der Waals surface area contributed by atoms with Crippen LogP contribution in [0, 0.1) is 0 Å². The van der Waals surface area contributed by atoms with Gasteiger partial charge in [0.1, 0.15) is 11.7 Å². The monoisotopic (exact) mass is 547 g/mol. The first-order valence-electron chi connectivity index (χ1n) is 13.0. The van der Waals surface area contributed by atoms with Crippen molar-refractivity contribution in [2.24, 2.45) is 7.05 Å². The lowest BCUT2D eigenvalue weighted by atomic mass is 9.86. The van der Waals surface area contributed by atoms with E-state index in [2.05, 4.69) is 42.0 Å². The number of hydrogen-bond acceptors (Lipinski definition) is 4. The van der Waals surface area contributed by atoms with Gasteiger partial charge in [0, 0.05) is 19.8 Å². The third kappa shape index (κ3) is 8.45. The number of hydrogen-bond donors (Lipinski definition) is 5. The maximum Gasteiger partial charge on any atom is 0.319 e. The highest BCUT2D eigenvalue weighted by Gasteiger charge is 2.24. The Morgan fingerprint density at radius 2 is 1.60 bits per heavy atom. The Balaban J connectivity index is 1.60. The van der Waals surface area contributed by atoms with Crippen molar-refractivity contribution in [3.8, 4) is 0 Å². The number of urea groups is 1. The molecule has 212 valence electrons. The summed E-state index contributed by atoms with van der Waals surface area (Å²) in [5.74, 6) is -2.10. The molecule has 2 atom stereocenters. The quantitative estimate of drug-likeness (QED) is 0.260. The van der Waals surface area contributed by atoms with Gasteiger partial charge < -0.3 is 30.9 Å². The van der Waals surface area contributed by atoms with Crippen LogP contribution in [0.2, 0.25) is 0 Å². The van der Waals surface area contributed by atoms with Crippen molar-refractivity contribution in [2.45, 2.75) is 58.2 Å². The summed E-state index contributed by atoms with van der Waals surface area (Å²) < 4.78 is 1.54. The molecule has 0 aliphatic rings. The van der Waals surface area contributed by atoms with Gasteiger partial charge in [0.15, 0.2) is 0 Å². The Morgan fingerprint density at radius 1 is 0.950 bits per heavy atom. The van der Waals surface area contributed by atoms with Gasteiger partial charge in [-0.15, -0.1) is 0 Å². The van der Waals surface area contributed by atoms with E-state index in [1.807, 2.05) is 54.6 Å². The minimum Gasteiger partial charge on any atom is -0.481 e. The first-order valence-corrected chi connectivity index (χ1v) is 13.0. The van der Waals surface area contributed by atoms with Crippen molar-refractivity contribution in [1.29, 1.82) is 0 Å². The van der Waals surface area contributed by atoms with E-state index in [0.717, 1.165) is 11.1 Å². The summed E-state index contributed by atoms with van der Waals surface area (Å²) >= 11 is 0. The number of carboxylic acids is 1. The number of benzene rings is 2. The van der Waals surface area contributed by atoms with Gasteiger partial charge in [0.05, 0.1) is 18.2 Å². The number of nitrogens with one attached hydrogen (secondary N) is 4. The number of aromatic nitrogens is 1. The van der Waals surface area contributed by atoms with Crippen LogP contribution in [0.1, 0.15) is 67.3 Å². The maximum atomic E-state index is 12.9. The normalized spacial score (nSPS) is 12.6. The molecular weight excluding hydrogens is 510 g/mol. The van der Waals surface area contributed by atoms with E-state index in [1.54, 1.807) is 13.2 Å². The molecular formula is C30H37N5O5. The Labute approximate surface area is 234 Å². The highest BCUT2D eigenvalue weighted by atomic mass is 16.4. The van der Waals surface area contributed by atoms with Gasteiger partial charge in [-0.25, -0.2) is 4.79 Å². The molecule has 0 spiro atoms. The molecule has 4 amide bonds. The Morgan fingerprint density at radius 3 is 2.20 bits per heavy atom. The third-order valence-electron chi connectivity index (χ3n) is 6.41. The van der Waals surface area contributed by atoms with Gasteiger partial charge >= 0.3 is 12.0 Å². The lowest BCUT2D eigenvalue weighted by molar-refractivity contribution is -0.137. The smallest absolute Gasteiger partial charge is 0.319 e. The van der Waals surface area contributed by atoms with Crippen LogP contribution in [-0.2, 0) is 28.6 Å². The Hall–Kier alpha value is -4.60. The van der Waals surface area contributed by atoms with Crippen molar-refractivity contribution >= 4 is 29.5 Å². The summed E-state index contributed by atoms with van der Waals surface area (Å²) in [6.07, 6.45) is 1.28. The Kier molecular flexibility index (Phi) is 9.71. The highest BCUT2D eigenvalue weighted by Crippen LogP contribution is 2.25. The average Bonchev–Trinajstić information content (AvgIpc) is 3.26.